The minimum absolute atomic E-state index is 0.165. The van der Waals surface area contributed by atoms with Gasteiger partial charge in [-0.1, -0.05) is 42.5 Å². The number of aryl methyl sites for hydroxylation is 1. The van der Waals surface area contributed by atoms with Crippen LogP contribution in [0.3, 0.4) is 0 Å². The van der Waals surface area contributed by atoms with Crippen molar-refractivity contribution in [2.45, 2.75) is 6.92 Å². The molecule has 132 valence electrons. The van der Waals surface area contributed by atoms with Gasteiger partial charge in [0.15, 0.2) is 0 Å². The van der Waals surface area contributed by atoms with Crippen molar-refractivity contribution in [2.24, 2.45) is 0 Å². The van der Waals surface area contributed by atoms with Gasteiger partial charge in [0.1, 0.15) is 5.65 Å². The predicted octanol–water partition coefficient (Wildman–Crippen LogP) is 4.96. The van der Waals surface area contributed by atoms with Crippen LogP contribution in [0.4, 0.5) is 5.69 Å². The van der Waals surface area contributed by atoms with E-state index in [2.05, 4.69) is 10.3 Å². The molecule has 0 aliphatic heterocycles. The quantitative estimate of drug-likeness (QED) is 0.527. The Hall–Kier alpha value is -3.66. The van der Waals surface area contributed by atoms with Crippen LogP contribution in [0.15, 0.2) is 85.2 Å². The van der Waals surface area contributed by atoms with E-state index in [0.717, 1.165) is 28.2 Å². The molecule has 27 heavy (non-hydrogen) atoms. The molecular formula is C23H19N3O. The van der Waals surface area contributed by atoms with Gasteiger partial charge < -0.3 is 9.72 Å². The molecule has 0 unspecified atom stereocenters. The monoisotopic (exact) mass is 353 g/mol. The zero-order valence-corrected chi connectivity index (χ0v) is 15.0. The average molecular weight is 353 g/mol. The maximum Gasteiger partial charge on any atom is 0.248 e. The maximum absolute atomic E-state index is 12.2. The van der Waals surface area contributed by atoms with Gasteiger partial charge in [0.25, 0.3) is 0 Å². The first-order valence-electron chi connectivity index (χ1n) is 8.77. The average Bonchev–Trinajstić information content (AvgIpc) is 3.11. The number of hydrogen-bond acceptors (Lipinski definition) is 2. The normalized spacial score (nSPS) is 11.1. The molecule has 4 heteroatoms. The zero-order valence-electron chi connectivity index (χ0n) is 15.0. The van der Waals surface area contributed by atoms with Gasteiger partial charge >= 0.3 is 0 Å². The second-order valence-corrected chi connectivity index (χ2v) is 6.41. The predicted molar refractivity (Wildman–Crippen MR) is 109 cm³/mol. The lowest BCUT2D eigenvalue weighted by molar-refractivity contribution is -0.111. The summed E-state index contributed by atoms with van der Waals surface area (Å²) in [6, 6.07) is 21.5. The largest absolute Gasteiger partial charge is 0.322 e. The van der Waals surface area contributed by atoms with E-state index in [1.165, 1.54) is 11.6 Å². The first-order chi connectivity index (χ1) is 13.2. The molecular weight excluding hydrogens is 334 g/mol. The highest BCUT2D eigenvalue weighted by molar-refractivity contribution is 6.02. The Morgan fingerprint density at radius 1 is 1.04 bits per heavy atom. The fraction of sp³-hybridized carbons (Fsp3) is 0.0435. The van der Waals surface area contributed by atoms with Crippen molar-refractivity contribution in [3.63, 3.8) is 0 Å². The van der Waals surface area contributed by atoms with Gasteiger partial charge in [-0.15, -0.1) is 0 Å². The molecule has 0 aliphatic carbocycles. The summed E-state index contributed by atoms with van der Waals surface area (Å²) in [5.74, 6) is -0.165. The van der Waals surface area contributed by atoms with E-state index in [0.29, 0.717) is 0 Å². The molecule has 0 radical (unpaired) electrons. The van der Waals surface area contributed by atoms with E-state index in [1.54, 1.807) is 6.08 Å². The lowest BCUT2D eigenvalue weighted by Gasteiger charge is -2.04. The van der Waals surface area contributed by atoms with Gasteiger partial charge in [0.05, 0.1) is 5.69 Å². The Morgan fingerprint density at radius 2 is 1.89 bits per heavy atom. The Balaban J connectivity index is 1.53. The van der Waals surface area contributed by atoms with Crippen LogP contribution in [0, 0.1) is 6.92 Å². The number of anilines is 1. The Bertz CT molecular complexity index is 1130. The summed E-state index contributed by atoms with van der Waals surface area (Å²) < 4.78 is 2.00. The number of amides is 1. The summed E-state index contributed by atoms with van der Waals surface area (Å²) >= 11 is 0. The van der Waals surface area contributed by atoms with E-state index < -0.39 is 0 Å². The first kappa shape index (κ1) is 16.8. The van der Waals surface area contributed by atoms with Crippen molar-refractivity contribution in [1.29, 1.82) is 0 Å². The van der Waals surface area contributed by atoms with Crippen LogP contribution in [0.5, 0.6) is 0 Å². The van der Waals surface area contributed by atoms with E-state index in [9.17, 15) is 4.79 Å². The minimum atomic E-state index is -0.165. The molecule has 4 aromatic rings. The maximum atomic E-state index is 12.2. The van der Waals surface area contributed by atoms with Gasteiger partial charge in [0, 0.05) is 29.7 Å². The van der Waals surface area contributed by atoms with Gasteiger partial charge in [-0.25, -0.2) is 4.98 Å². The van der Waals surface area contributed by atoms with Crippen LogP contribution in [0.25, 0.3) is 23.0 Å². The molecule has 0 fully saturated rings. The molecule has 4 rings (SSSR count). The third-order valence-corrected chi connectivity index (χ3v) is 4.27. The number of rotatable bonds is 4. The van der Waals surface area contributed by atoms with E-state index in [4.69, 9.17) is 0 Å². The van der Waals surface area contributed by atoms with Crippen LogP contribution in [0.1, 0.15) is 11.1 Å². The number of aromatic nitrogens is 2. The molecule has 1 N–H and O–H groups in total. The SMILES string of the molecule is Cc1ccn2cc(-c3cccc(NC(=O)/C=C/c4ccccc4)c3)nc2c1. The van der Waals surface area contributed by atoms with Crippen LogP contribution in [0.2, 0.25) is 0 Å². The Labute approximate surface area is 157 Å². The van der Waals surface area contributed by atoms with Crippen LogP contribution >= 0.6 is 0 Å². The molecule has 0 atom stereocenters. The second kappa shape index (κ2) is 7.30. The van der Waals surface area contributed by atoms with E-state index in [1.807, 2.05) is 90.4 Å². The molecule has 0 saturated heterocycles. The third kappa shape index (κ3) is 3.96. The number of hydrogen-bond donors (Lipinski definition) is 1. The van der Waals surface area contributed by atoms with Crippen LogP contribution < -0.4 is 5.32 Å². The van der Waals surface area contributed by atoms with Gasteiger partial charge in [-0.3, -0.25) is 4.79 Å². The summed E-state index contributed by atoms with van der Waals surface area (Å²) in [6.07, 6.45) is 7.32. The number of nitrogens with zero attached hydrogens (tertiary/aromatic N) is 2. The highest BCUT2D eigenvalue weighted by Crippen LogP contribution is 2.23. The second-order valence-electron chi connectivity index (χ2n) is 6.41. The summed E-state index contributed by atoms with van der Waals surface area (Å²) in [5.41, 5.74) is 5.64. The van der Waals surface area contributed by atoms with Crippen molar-refractivity contribution in [3.05, 3.63) is 96.3 Å². The lowest BCUT2D eigenvalue weighted by atomic mass is 10.1. The molecule has 0 aliphatic rings. The van der Waals surface area contributed by atoms with Crippen molar-refractivity contribution < 1.29 is 4.79 Å². The Morgan fingerprint density at radius 3 is 2.74 bits per heavy atom. The Kier molecular flexibility index (Phi) is 4.54. The lowest BCUT2D eigenvalue weighted by Crippen LogP contribution is -2.07. The molecule has 2 aromatic carbocycles. The van der Waals surface area contributed by atoms with Crippen molar-refractivity contribution in [3.8, 4) is 11.3 Å². The van der Waals surface area contributed by atoms with Crippen molar-refractivity contribution in [2.75, 3.05) is 5.32 Å². The zero-order chi connectivity index (χ0) is 18.6. The number of fused-ring (bicyclic) bond motifs is 1. The number of imidazole rings is 1. The molecule has 0 spiro atoms. The van der Waals surface area contributed by atoms with Gasteiger partial charge in [-0.2, -0.15) is 0 Å². The summed E-state index contributed by atoms with van der Waals surface area (Å²) in [5, 5.41) is 2.90. The van der Waals surface area contributed by atoms with E-state index >= 15 is 0 Å². The number of nitrogens with one attached hydrogen (secondary N) is 1. The fourth-order valence-electron chi connectivity index (χ4n) is 2.90. The molecule has 1 amide bonds. The van der Waals surface area contributed by atoms with Crippen molar-refractivity contribution in [1.82, 2.24) is 9.38 Å². The molecule has 2 heterocycles. The van der Waals surface area contributed by atoms with Gasteiger partial charge in [-0.05, 0) is 48.4 Å². The van der Waals surface area contributed by atoms with Crippen LogP contribution in [-0.2, 0) is 4.79 Å². The fourth-order valence-corrected chi connectivity index (χ4v) is 2.90. The number of pyridine rings is 1. The summed E-state index contributed by atoms with van der Waals surface area (Å²) in [7, 11) is 0. The minimum Gasteiger partial charge on any atom is -0.322 e. The van der Waals surface area contributed by atoms with Crippen molar-refractivity contribution >= 4 is 23.3 Å². The molecule has 4 nitrogen and oxygen atoms in total. The van der Waals surface area contributed by atoms with Crippen LogP contribution in [-0.4, -0.2) is 15.3 Å². The highest BCUT2D eigenvalue weighted by Gasteiger charge is 2.06. The molecule has 0 saturated carbocycles. The standard InChI is InChI=1S/C23H19N3O/c1-17-12-13-26-16-21(25-22(26)14-17)19-8-5-9-20(15-19)24-23(27)11-10-18-6-3-2-4-7-18/h2-16H,1H3,(H,24,27)/b11-10+. The van der Waals surface area contributed by atoms with Gasteiger partial charge in [0.2, 0.25) is 5.91 Å². The number of benzene rings is 2. The van der Waals surface area contributed by atoms with E-state index in [-0.39, 0.29) is 5.91 Å². The highest BCUT2D eigenvalue weighted by atomic mass is 16.1. The molecule has 2 aromatic heterocycles. The summed E-state index contributed by atoms with van der Waals surface area (Å²) in [4.78, 5) is 16.9. The summed E-state index contributed by atoms with van der Waals surface area (Å²) in [6.45, 7) is 2.05. The number of carbonyl (C=O) groups is 1. The topological polar surface area (TPSA) is 46.4 Å². The first-order valence-corrected chi connectivity index (χ1v) is 8.77. The third-order valence-electron chi connectivity index (χ3n) is 4.27. The molecule has 0 bridgehead atoms. The number of carbonyl (C=O) groups excluding carboxylic acids is 1. The smallest absolute Gasteiger partial charge is 0.248 e.